The van der Waals surface area contributed by atoms with Gasteiger partial charge in [0.1, 0.15) is 0 Å². The van der Waals surface area contributed by atoms with Crippen LogP contribution in [-0.4, -0.2) is 10.2 Å². The third-order valence-corrected chi connectivity index (χ3v) is 2.56. The Morgan fingerprint density at radius 2 is 1.95 bits per heavy atom. The summed E-state index contributed by atoms with van der Waals surface area (Å²) in [6.45, 7) is 3.55. The first-order chi connectivity index (χ1) is 8.86. The average molecular weight is 271 g/mol. The number of hydrogen-bond acceptors (Lipinski definition) is 4. The summed E-state index contributed by atoms with van der Waals surface area (Å²) in [6.07, 6.45) is -4.36. The third-order valence-electron chi connectivity index (χ3n) is 2.56. The van der Waals surface area contributed by atoms with Gasteiger partial charge < -0.3 is 9.73 Å². The van der Waals surface area contributed by atoms with Gasteiger partial charge >= 0.3 is 6.18 Å². The highest BCUT2D eigenvalue weighted by Crippen LogP contribution is 2.32. The molecule has 19 heavy (non-hydrogen) atoms. The van der Waals surface area contributed by atoms with Crippen LogP contribution in [-0.2, 0) is 12.7 Å². The van der Waals surface area contributed by atoms with Crippen molar-refractivity contribution in [3.05, 3.63) is 41.1 Å². The van der Waals surface area contributed by atoms with Crippen LogP contribution in [0.1, 0.15) is 22.9 Å². The monoisotopic (exact) mass is 271 g/mol. The molecule has 2 rings (SSSR count). The zero-order chi connectivity index (χ0) is 14.0. The molecule has 0 bridgehead atoms. The minimum absolute atomic E-state index is 0.184. The summed E-state index contributed by atoms with van der Waals surface area (Å²) in [5, 5.41) is 10.3. The van der Waals surface area contributed by atoms with Crippen molar-refractivity contribution >= 4 is 5.69 Å². The van der Waals surface area contributed by atoms with Gasteiger partial charge in [-0.1, -0.05) is 6.07 Å². The van der Waals surface area contributed by atoms with Crippen molar-refractivity contribution < 1.29 is 17.6 Å². The van der Waals surface area contributed by atoms with Crippen molar-refractivity contribution in [2.45, 2.75) is 26.6 Å². The van der Waals surface area contributed by atoms with Gasteiger partial charge in [-0.3, -0.25) is 0 Å². The van der Waals surface area contributed by atoms with Gasteiger partial charge in [0.2, 0.25) is 11.8 Å². The normalized spacial score (nSPS) is 11.6. The molecule has 0 saturated heterocycles. The molecule has 2 aromatic rings. The number of anilines is 1. The average Bonchev–Trinajstić information content (AvgIpc) is 2.72. The lowest BCUT2D eigenvalue weighted by molar-refractivity contribution is -0.137. The highest BCUT2D eigenvalue weighted by atomic mass is 19.4. The van der Waals surface area contributed by atoms with Gasteiger partial charge in [-0.15, -0.1) is 10.2 Å². The summed E-state index contributed by atoms with van der Waals surface area (Å²) < 4.78 is 42.9. The Balaban J connectivity index is 2.15. The van der Waals surface area contributed by atoms with Gasteiger partial charge in [-0.25, -0.2) is 0 Å². The molecule has 0 unspecified atom stereocenters. The van der Waals surface area contributed by atoms with Crippen LogP contribution in [0.5, 0.6) is 0 Å². The van der Waals surface area contributed by atoms with Gasteiger partial charge in [0, 0.05) is 12.6 Å². The zero-order valence-corrected chi connectivity index (χ0v) is 10.4. The fraction of sp³-hybridized carbons (Fsp3) is 0.333. The van der Waals surface area contributed by atoms with Crippen molar-refractivity contribution in [3.63, 3.8) is 0 Å². The minimum Gasteiger partial charge on any atom is -0.424 e. The van der Waals surface area contributed by atoms with Crippen molar-refractivity contribution in [2.75, 3.05) is 5.32 Å². The summed E-state index contributed by atoms with van der Waals surface area (Å²) in [5.41, 5.74) is 0.414. The molecule has 102 valence electrons. The van der Waals surface area contributed by atoms with Crippen LogP contribution in [0, 0.1) is 13.8 Å². The van der Waals surface area contributed by atoms with E-state index in [1.807, 2.05) is 0 Å². The van der Waals surface area contributed by atoms with Crippen LogP contribution < -0.4 is 5.32 Å². The number of nitrogens with zero attached hydrogens (tertiary/aromatic N) is 2. The van der Waals surface area contributed by atoms with Gasteiger partial charge in [-0.2, -0.15) is 13.2 Å². The van der Waals surface area contributed by atoms with E-state index < -0.39 is 11.7 Å². The molecule has 1 heterocycles. The quantitative estimate of drug-likeness (QED) is 0.930. The molecule has 0 aliphatic heterocycles. The summed E-state index contributed by atoms with van der Waals surface area (Å²) in [7, 11) is 0. The molecule has 0 aliphatic carbocycles. The highest BCUT2D eigenvalue weighted by Gasteiger charge is 2.30. The van der Waals surface area contributed by atoms with Crippen LogP contribution in [0.2, 0.25) is 0 Å². The van der Waals surface area contributed by atoms with Crippen molar-refractivity contribution in [3.8, 4) is 0 Å². The Kier molecular flexibility index (Phi) is 3.46. The minimum atomic E-state index is -4.36. The summed E-state index contributed by atoms with van der Waals surface area (Å²) in [4.78, 5) is 0. The number of halogens is 3. The predicted molar refractivity (Wildman–Crippen MR) is 62.5 cm³/mol. The van der Waals surface area contributed by atoms with Crippen LogP contribution in [0.25, 0.3) is 0 Å². The number of aryl methyl sites for hydroxylation is 2. The molecule has 0 amide bonds. The molecule has 0 saturated carbocycles. The SMILES string of the molecule is Cc1nnc(CNc2cc(C(F)(F)F)ccc2C)o1. The number of benzene rings is 1. The lowest BCUT2D eigenvalue weighted by Crippen LogP contribution is -2.07. The van der Waals surface area contributed by atoms with E-state index in [4.69, 9.17) is 4.42 Å². The Hall–Kier alpha value is -2.05. The first kappa shape index (κ1) is 13.4. The number of hydrogen-bond donors (Lipinski definition) is 1. The van der Waals surface area contributed by atoms with E-state index in [0.29, 0.717) is 23.0 Å². The van der Waals surface area contributed by atoms with Crippen molar-refractivity contribution in [1.82, 2.24) is 10.2 Å². The topological polar surface area (TPSA) is 51.0 Å². The molecule has 1 N–H and O–H groups in total. The maximum Gasteiger partial charge on any atom is 0.416 e. The molecule has 4 nitrogen and oxygen atoms in total. The van der Waals surface area contributed by atoms with Crippen molar-refractivity contribution in [2.24, 2.45) is 0 Å². The third kappa shape index (κ3) is 3.24. The fourth-order valence-electron chi connectivity index (χ4n) is 1.57. The van der Waals surface area contributed by atoms with E-state index in [-0.39, 0.29) is 6.54 Å². The Bertz CT molecular complexity index is 578. The van der Waals surface area contributed by atoms with E-state index in [1.165, 1.54) is 6.07 Å². The smallest absolute Gasteiger partial charge is 0.416 e. The molecular formula is C12H12F3N3O. The predicted octanol–water partition coefficient (Wildman–Crippen LogP) is 3.32. The molecule has 1 aromatic heterocycles. The first-order valence-electron chi connectivity index (χ1n) is 5.57. The van der Waals surface area contributed by atoms with Crippen LogP contribution in [0.15, 0.2) is 22.6 Å². The van der Waals surface area contributed by atoms with Crippen LogP contribution in [0.3, 0.4) is 0 Å². The maximum absolute atomic E-state index is 12.6. The lowest BCUT2D eigenvalue weighted by Gasteiger charge is -2.12. The second kappa shape index (κ2) is 4.91. The van der Waals surface area contributed by atoms with Gasteiger partial charge in [0.25, 0.3) is 0 Å². The van der Waals surface area contributed by atoms with E-state index in [2.05, 4.69) is 15.5 Å². The van der Waals surface area contributed by atoms with E-state index in [0.717, 1.165) is 12.1 Å². The van der Waals surface area contributed by atoms with Gasteiger partial charge in [0.05, 0.1) is 12.1 Å². The van der Waals surface area contributed by atoms with E-state index in [1.54, 1.807) is 13.8 Å². The molecule has 0 aliphatic rings. The number of aromatic nitrogens is 2. The van der Waals surface area contributed by atoms with Gasteiger partial charge in [-0.05, 0) is 24.6 Å². The van der Waals surface area contributed by atoms with E-state index in [9.17, 15) is 13.2 Å². The molecule has 0 atom stereocenters. The van der Waals surface area contributed by atoms with Gasteiger partial charge in [0.15, 0.2) is 0 Å². The Morgan fingerprint density at radius 3 is 2.53 bits per heavy atom. The first-order valence-corrected chi connectivity index (χ1v) is 5.57. The Morgan fingerprint density at radius 1 is 1.21 bits per heavy atom. The van der Waals surface area contributed by atoms with E-state index >= 15 is 0 Å². The van der Waals surface area contributed by atoms with Crippen LogP contribution in [0.4, 0.5) is 18.9 Å². The number of nitrogens with one attached hydrogen (secondary N) is 1. The zero-order valence-electron chi connectivity index (χ0n) is 10.4. The second-order valence-electron chi connectivity index (χ2n) is 4.10. The number of alkyl halides is 3. The summed E-state index contributed by atoms with van der Waals surface area (Å²) in [6, 6.07) is 3.54. The largest absolute Gasteiger partial charge is 0.424 e. The van der Waals surface area contributed by atoms with Crippen molar-refractivity contribution in [1.29, 1.82) is 0 Å². The maximum atomic E-state index is 12.6. The Labute approximate surface area is 107 Å². The van der Waals surface area contributed by atoms with Crippen LogP contribution >= 0.6 is 0 Å². The molecule has 7 heteroatoms. The highest BCUT2D eigenvalue weighted by molar-refractivity contribution is 5.53. The summed E-state index contributed by atoms with van der Waals surface area (Å²) >= 11 is 0. The molecule has 0 radical (unpaired) electrons. The molecular weight excluding hydrogens is 259 g/mol. The second-order valence-corrected chi connectivity index (χ2v) is 4.10. The molecule has 0 fully saturated rings. The summed E-state index contributed by atoms with van der Waals surface area (Å²) in [5.74, 6) is 0.742. The molecule has 1 aromatic carbocycles. The fourth-order valence-corrected chi connectivity index (χ4v) is 1.57. The molecule has 0 spiro atoms. The standard InChI is InChI=1S/C12H12F3N3O/c1-7-3-4-9(12(13,14)15)5-10(7)16-6-11-18-17-8(2)19-11/h3-5,16H,6H2,1-2H3. The lowest BCUT2D eigenvalue weighted by atomic mass is 10.1. The number of rotatable bonds is 3.